The molecule has 3 nitrogen and oxygen atoms in total. The third-order valence-corrected chi connectivity index (χ3v) is 3.49. The van der Waals surface area contributed by atoms with Gasteiger partial charge < -0.3 is 15.1 Å². The fourth-order valence-electron chi connectivity index (χ4n) is 2.07. The molecule has 0 aromatic carbocycles. The van der Waals surface area contributed by atoms with Gasteiger partial charge in [-0.2, -0.15) is 0 Å². The van der Waals surface area contributed by atoms with Gasteiger partial charge in [0.15, 0.2) is 5.11 Å². The third-order valence-electron chi connectivity index (χ3n) is 3.03. The highest BCUT2D eigenvalue weighted by molar-refractivity contribution is 7.80. The van der Waals surface area contributed by atoms with Gasteiger partial charge in [-0.1, -0.05) is 13.8 Å². The Kier molecular flexibility index (Phi) is 5.49. The lowest BCUT2D eigenvalue weighted by Crippen LogP contribution is -2.41. The van der Waals surface area contributed by atoms with Crippen molar-refractivity contribution in [1.82, 2.24) is 15.1 Å². The Hall–Kier alpha value is -0.350. The molecule has 16 heavy (non-hydrogen) atoms. The van der Waals surface area contributed by atoms with Crippen LogP contribution in [0.5, 0.6) is 0 Å². The lowest BCUT2D eigenvalue weighted by molar-refractivity contribution is 0.352. The second-order valence-corrected chi connectivity index (χ2v) is 5.76. The van der Waals surface area contributed by atoms with E-state index in [0.717, 1.165) is 24.1 Å². The van der Waals surface area contributed by atoms with E-state index in [9.17, 15) is 0 Å². The molecule has 1 aliphatic heterocycles. The van der Waals surface area contributed by atoms with E-state index in [-0.39, 0.29) is 0 Å². The van der Waals surface area contributed by atoms with Gasteiger partial charge in [0.25, 0.3) is 0 Å². The molecular weight excluding hydrogens is 218 g/mol. The molecule has 1 N–H and O–H groups in total. The van der Waals surface area contributed by atoms with E-state index in [1.165, 1.54) is 19.5 Å². The van der Waals surface area contributed by atoms with E-state index in [4.69, 9.17) is 12.2 Å². The monoisotopic (exact) mass is 243 g/mol. The first-order valence-corrected chi connectivity index (χ1v) is 6.57. The normalized spacial score (nSPS) is 21.4. The summed E-state index contributed by atoms with van der Waals surface area (Å²) in [6.07, 6.45) is 1.30. The first-order valence-electron chi connectivity index (χ1n) is 6.16. The molecule has 0 aromatic heterocycles. The molecule has 1 rings (SSSR count). The fourth-order valence-corrected chi connectivity index (χ4v) is 2.23. The lowest BCUT2D eigenvalue weighted by Gasteiger charge is -2.24. The Balaban J connectivity index is 2.23. The molecule has 0 bridgehead atoms. The van der Waals surface area contributed by atoms with Crippen LogP contribution in [0.1, 0.15) is 20.3 Å². The number of thiocarbonyl (C=S) groups is 1. The molecule has 0 radical (unpaired) electrons. The van der Waals surface area contributed by atoms with Gasteiger partial charge in [-0.3, -0.25) is 0 Å². The Morgan fingerprint density at radius 1 is 1.56 bits per heavy atom. The van der Waals surface area contributed by atoms with Crippen LogP contribution in [0.15, 0.2) is 0 Å². The summed E-state index contributed by atoms with van der Waals surface area (Å²) in [6, 6.07) is 0. The molecule has 0 amide bonds. The van der Waals surface area contributed by atoms with Gasteiger partial charge in [0.05, 0.1) is 0 Å². The zero-order valence-corrected chi connectivity index (χ0v) is 11.8. The zero-order chi connectivity index (χ0) is 12.1. The first kappa shape index (κ1) is 13.7. The van der Waals surface area contributed by atoms with Crippen LogP contribution in [0.25, 0.3) is 0 Å². The molecule has 1 aliphatic rings. The van der Waals surface area contributed by atoms with Crippen molar-refractivity contribution >= 4 is 17.3 Å². The summed E-state index contributed by atoms with van der Waals surface area (Å²) in [7, 11) is 4.28. The SMILES string of the molecule is CC(C)CNC(=S)N(C)CC1CCN(C)C1. The van der Waals surface area contributed by atoms with E-state index in [1.54, 1.807) is 0 Å². The fraction of sp³-hybridized carbons (Fsp3) is 0.917. The van der Waals surface area contributed by atoms with Crippen molar-refractivity contribution in [3.63, 3.8) is 0 Å². The maximum absolute atomic E-state index is 5.36. The average molecular weight is 243 g/mol. The standard InChI is InChI=1S/C12H25N3S/c1-10(2)7-13-12(16)15(4)9-11-5-6-14(3)8-11/h10-11H,5-9H2,1-4H3,(H,13,16). The highest BCUT2D eigenvalue weighted by atomic mass is 32.1. The Labute approximate surface area is 105 Å². The minimum atomic E-state index is 0.643. The van der Waals surface area contributed by atoms with Crippen LogP contribution in [0.4, 0.5) is 0 Å². The lowest BCUT2D eigenvalue weighted by atomic mass is 10.1. The highest BCUT2D eigenvalue weighted by Gasteiger charge is 2.21. The summed E-state index contributed by atoms with van der Waals surface area (Å²) in [6.45, 7) is 8.87. The van der Waals surface area contributed by atoms with Gasteiger partial charge in [-0.15, -0.1) is 0 Å². The maximum atomic E-state index is 5.36. The summed E-state index contributed by atoms with van der Waals surface area (Å²) in [4.78, 5) is 4.57. The zero-order valence-electron chi connectivity index (χ0n) is 11.0. The molecule has 1 heterocycles. The van der Waals surface area contributed by atoms with Crippen molar-refractivity contribution in [3.05, 3.63) is 0 Å². The van der Waals surface area contributed by atoms with Gasteiger partial charge in [0.1, 0.15) is 0 Å². The van der Waals surface area contributed by atoms with Crippen molar-refractivity contribution in [2.24, 2.45) is 11.8 Å². The van der Waals surface area contributed by atoms with Crippen molar-refractivity contribution in [2.45, 2.75) is 20.3 Å². The van der Waals surface area contributed by atoms with E-state index in [0.29, 0.717) is 5.92 Å². The summed E-state index contributed by atoms with van der Waals surface area (Å²) in [5, 5.41) is 4.20. The van der Waals surface area contributed by atoms with E-state index in [1.807, 2.05) is 0 Å². The molecule has 0 aromatic rings. The average Bonchev–Trinajstić information content (AvgIpc) is 2.60. The highest BCUT2D eigenvalue weighted by Crippen LogP contribution is 2.15. The number of hydrogen-bond acceptors (Lipinski definition) is 2. The summed E-state index contributed by atoms with van der Waals surface area (Å²) < 4.78 is 0. The predicted octanol–water partition coefficient (Wildman–Crippen LogP) is 1.40. The van der Waals surface area contributed by atoms with Crippen LogP contribution in [0, 0.1) is 11.8 Å². The maximum Gasteiger partial charge on any atom is 0.168 e. The van der Waals surface area contributed by atoms with Gasteiger partial charge in [0.2, 0.25) is 0 Å². The van der Waals surface area contributed by atoms with Crippen LogP contribution < -0.4 is 5.32 Å². The molecule has 94 valence electrons. The van der Waals surface area contributed by atoms with Crippen molar-refractivity contribution < 1.29 is 0 Å². The van der Waals surface area contributed by atoms with Crippen LogP contribution in [0.3, 0.4) is 0 Å². The minimum Gasteiger partial charge on any atom is -0.362 e. The van der Waals surface area contributed by atoms with Crippen LogP contribution in [-0.2, 0) is 0 Å². The van der Waals surface area contributed by atoms with Crippen LogP contribution in [-0.4, -0.2) is 55.2 Å². The van der Waals surface area contributed by atoms with Crippen molar-refractivity contribution in [1.29, 1.82) is 0 Å². The van der Waals surface area contributed by atoms with E-state index < -0.39 is 0 Å². The van der Waals surface area contributed by atoms with Gasteiger partial charge in [0, 0.05) is 26.7 Å². The molecular formula is C12H25N3S. The predicted molar refractivity (Wildman–Crippen MR) is 73.7 cm³/mol. The molecule has 4 heteroatoms. The molecule has 1 atom stereocenters. The van der Waals surface area contributed by atoms with E-state index >= 15 is 0 Å². The van der Waals surface area contributed by atoms with Gasteiger partial charge in [-0.05, 0) is 44.1 Å². The molecule has 0 saturated carbocycles. The largest absolute Gasteiger partial charge is 0.362 e. The number of hydrogen-bond donors (Lipinski definition) is 1. The Morgan fingerprint density at radius 2 is 2.25 bits per heavy atom. The van der Waals surface area contributed by atoms with Gasteiger partial charge in [-0.25, -0.2) is 0 Å². The van der Waals surface area contributed by atoms with Crippen molar-refractivity contribution in [2.75, 3.05) is 40.3 Å². The molecule has 1 saturated heterocycles. The summed E-state index contributed by atoms with van der Waals surface area (Å²) >= 11 is 5.36. The van der Waals surface area contributed by atoms with E-state index in [2.05, 4.69) is 43.1 Å². The summed E-state index contributed by atoms with van der Waals surface area (Å²) in [5.41, 5.74) is 0. The number of nitrogens with one attached hydrogen (secondary N) is 1. The van der Waals surface area contributed by atoms with Gasteiger partial charge >= 0.3 is 0 Å². The first-order chi connectivity index (χ1) is 7.49. The third kappa shape index (κ3) is 4.66. The molecule has 0 spiro atoms. The quantitative estimate of drug-likeness (QED) is 0.752. The number of rotatable bonds is 4. The van der Waals surface area contributed by atoms with Crippen LogP contribution in [0.2, 0.25) is 0 Å². The second-order valence-electron chi connectivity index (χ2n) is 5.38. The Bertz CT molecular complexity index is 230. The van der Waals surface area contributed by atoms with Crippen LogP contribution >= 0.6 is 12.2 Å². The molecule has 0 aliphatic carbocycles. The number of nitrogens with zero attached hydrogens (tertiary/aromatic N) is 2. The molecule has 1 fully saturated rings. The Morgan fingerprint density at radius 3 is 2.75 bits per heavy atom. The minimum absolute atomic E-state index is 0.643. The number of likely N-dealkylation sites (tertiary alicyclic amines) is 1. The summed E-state index contributed by atoms with van der Waals surface area (Å²) in [5.74, 6) is 1.41. The smallest absolute Gasteiger partial charge is 0.168 e. The second kappa shape index (κ2) is 6.40. The topological polar surface area (TPSA) is 18.5 Å². The molecule has 1 unspecified atom stereocenters. The van der Waals surface area contributed by atoms with Crippen molar-refractivity contribution in [3.8, 4) is 0 Å².